The normalized spacial score (nSPS) is 18.9. The number of halogens is 1. The lowest BCUT2D eigenvalue weighted by molar-refractivity contribution is -0.0135. The van der Waals surface area contributed by atoms with E-state index in [1.54, 1.807) is 6.07 Å². The number of nitrogens with zero attached hydrogens (tertiary/aromatic N) is 3. The van der Waals surface area contributed by atoms with Gasteiger partial charge in [0.05, 0.1) is 25.9 Å². The van der Waals surface area contributed by atoms with E-state index in [-0.39, 0.29) is 11.9 Å². The quantitative estimate of drug-likeness (QED) is 0.369. The Labute approximate surface area is 148 Å². The Morgan fingerprint density at radius 2 is 2.32 bits per heavy atom. The maximum atomic E-state index is 13.5. The first-order valence-electron chi connectivity index (χ1n) is 8.40. The third-order valence-electron chi connectivity index (χ3n) is 3.88. The summed E-state index contributed by atoms with van der Waals surface area (Å²) in [6, 6.07) is 4.23. The molecule has 0 aromatic heterocycles. The number of ether oxygens (including phenoxy) is 2. The molecule has 1 aliphatic heterocycles. The molecular formula is C18H27FN4O2. The summed E-state index contributed by atoms with van der Waals surface area (Å²) in [6.07, 6.45) is 0.0149. The van der Waals surface area contributed by atoms with Crippen molar-refractivity contribution in [2.75, 3.05) is 44.9 Å². The van der Waals surface area contributed by atoms with E-state index in [9.17, 15) is 4.39 Å². The molecule has 0 saturated carbocycles. The van der Waals surface area contributed by atoms with Gasteiger partial charge in [-0.3, -0.25) is 10.0 Å². The van der Waals surface area contributed by atoms with Crippen LogP contribution in [0.2, 0.25) is 0 Å². The maximum Gasteiger partial charge on any atom is 0.147 e. The van der Waals surface area contributed by atoms with E-state index in [0.717, 1.165) is 13.1 Å². The van der Waals surface area contributed by atoms with Crippen LogP contribution in [0.5, 0.6) is 5.75 Å². The van der Waals surface area contributed by atoms with E-state index in [4.69, 9.17) is 15.3 Å². The molecule has 6 nitrogen and oxygen atoms in total. The number of nitrogens with two attached hydrogens (primary N) is 1. The van der Waals surface area contributed by atoms with Crippen LogP contribution in [0.4, 0.5) is 10.1 Å². The van der Waals surface area contributed by atoms with Gasteiger partial charge in [0.15, 0.2) is 0 Å². The lowest BCUT2D eigenvalue weighted by Gasteiger charge is -2.30. The van der Waals surface area contributed by atoms with Crippen LogP contribution in [-0.4, -0.2) is 56.7 Å². The fourth-order valence-corrected chi connectivity index (χ4v) is 2.65. The molecule has 1 saturated heterocycles. The highest BCUT2D eigenvalue weighted by atomic mass is 19.1. The fraction of sp³-hybridized carbons (Fsp3) is 0.500. The van der Waals surface area contributed by atoms with Gasteiger partial charge in [-0.1, -0.05) is 6.58 Å². The predicted octanol–water partition coefficient (Wildman–Crippen LogP) is 2.21. The molecule has 1 atom stereocenters. The van der Waals surface area contributed by atoms with Crippen molar-refractivity contribution in [2.45, 2.75) is 20.0 Å². The second-order valence-electron chi connectivity index (χ2n) is 6.11. The molecule has 0 spiro atoms. The van der Waals surface area contributed by atoms with E-state index in [0.29, 0.717) is 42.6 Å². The van der Waals surface area contributed by atoms with Gasteiger partial charge < -0.3 is 14.4 Å². The molecule has 2 N–H and O–H groups in total. The lowest BCUT2D eigenvalue weighted by Crippen LogP contribution is -2.43. The lowest BCUT2D eigenvalue weighted by atomic mass is 10.2. The number of hydrogen-bond acceptors (Lipinski definition) is 5. The van der Waals surface area contributed by atoms with Crippen LogP contribution in [-0.2, 0) is 4.74 Å². The molecular weight excluding hydrogens is 323 g/mol. The average Bonchev–Trinajstić information content (AvgIpc) is 2.55. The maximum absolute atomic E-state index is 13.5. The molecule has 138 valence electrons. The molecule has 7 heteroatoms. The van der Waals surface area contributed by atoms with Crippen LogP contribution >= 0.6 is 0 Å². The van der Waals surface area contributed by atoms with Crippen molar-refractivity contribution in [3.63, 3.8) is 0 Å². The molecule has 2 rings (SSSR count). The smallest absolute Gasteiger partial charge is 0.147 e. The van der Waals surface area contributed by atoms with Gasteiger partial charge in [0.1, 0.15) is 23.1 Å². The van der Waals surface area contributed by atoms with Crippen molar-refractivity contribution >= 4 is 11.5 Å². The Bertz CT molecular complexity index is 636. The molecule has 1 heterocycles. The summed E-state index contributed by atoms with van der Waals surface area (Å²) in [6.45, 7) is 10.9. The van der Waals surface area contributed by atoms with Crippen molar-refractivity contribution in [3.8, 4) is 5.75 Å². The summed E-state index contributed by atoms with van der Waals surface area (Å²) in [5.41, 5.74) is 1.24. The molecule has 25 heavy (non-hydrogen) atoms. The van der Waals surface area contributed by atoms with Crippen LogP contribution in [0, 0.1) is 5.82 Å². The number of aliphatic imine (C=N–C) groups is 1. The van der Waals surface area contributed by atoms with Crippen molar-refractivity contribution in [1.82, 2.24) is 4.90 Å². The van der Waals surface area contributed by atoms with Crippen LogP contribution in [0.1, 0.15) is 13.8 Å². The minimum absolute atomic E-state index is 0.0149. The topological polar surface area (TPSA) is 63.3 Å². The minimum Gasteiger partial charge on any atom is -0.492 e. The first kappa shape index (κ1) is 19.4. The zero-order valence-electron chi connectivity index (χ0n) is 15.2. The highest BCUT2D eigenvalue weighted by molar-refractivity contribution is 6.08. The second kappa shape index (κ2) is 8.94. The highest BCUT2D eigenvalue weighted by Gasteiger charge is 2.20. The Balaban J connectivity index is 2.21. The monoisotopic (exact) mass is 350 g/mol. The van der Waals surface area contributed by atoms with Crippen molar-refractivity contribution in [1.29, 1.82) is 0 Å². The Hall–Kier alpha value is -1.96. The van der Waals surface area contributed by atoms with Gasteiger partial charge in [-0.05, 0) is 38.6 Å². The van der Waals surface area contributed by atoms with Gasteiger partial charge in [-0.2, -0.15) is 0 Å². The Morgan fingerprint density at radius 1 is 1.56 bits per heavy atom. The third-order valence-corrected chi connectivity index (χ3v) is 3.88. The number of rotatable bonds is 6. The van der Waals surface area contributed by atoms with Crippen molar-refractivity contribution in [3.05, 3.63) is 36.2 Å². The molecule has 0 bridgehead atoms. The molecule has 0 amide bonds. The predicted molar refractivity (Wildman–Crippen MR) is 98.6 cm³/mol. The minimum atomic E-state index is -0.381. The number of benzene rings is 1. The molecule has 0 radical (unpaired) electrons. The fourth-order valence-electron chi connectivity index (χ4n) is 2.65. The zero-order valence-corrected chi connectivity index (χ0v) is 15.2. The molecule has 0 aliphatic carbocycles. The number of morpholine rings is 1. The number of anilines is 1. The number of hydrazine groups is 1. The van der Waals surface area contributed by atoms with Gasteiger partial charge in [0.2, 0.25) is 0 Å². The summed E-state index contributed by atoms with van der Waals surface area (Å²) < 4.78 is 24.7. The summed E-state index contributed by atoms with van der Waals surface area (Å²) in [5.74, 6) is 6.76. The third kappa shape index (κ3) is 5.26. The second-order valence-corrected chi connectivity index (χ2v) is 6.11. The van der Waals surface area contributed by atoms with Gasteiger partial charge >= 0.3 is 0 Å². The first-order chi connectivity index (χ1) is 11.9. The van der Waals surface area contributed by atoms with E-state index < -0.39 is 0 Å². The van der Waals surface area contributed by atoms with E-state index in [1.165, 1.54) is 17.1 Å². The summed E-state index contributed by atoms with van der Waals surface area (Å²) in [7, 11) is 2.06. The van der Waals surface area contributed by atoms with E-state index in [2.05, 4.69) is 23.5 Å². The molecule has 1 aromatic carbocycles. The van der Waals surface area contributed by atoms with Gasteiger partial charge in [0.25, 0.3) is 0 Å². The van der Waals surface area contributed by atoms with Crippen LogP contribution < -0.4 is 15.6 Å². The number of likely N-dealkylation sites (N-methyl/N-ethyl adjacent to an activating group) is 1. The molecule has 1 fully saturated rings. The molecule has 1 aromatic rings. The number of hydrogen-bond donors (Lipinski definition) is 1. The van der Waals surface area contributed by atoms with Crippen LogP contribution in [0.25, 0.3) is 0 Å². The summed E-state index contributed by atoms with van der Waals surface area (Å²) in [5, 5.41) is 1.39. The first-order valence-corrected chi connectivity index (χ1v) is 8.40. The van der Waals surface area contributed by atoms with Crippen molar-refractivity contribution < 1.29 is 13.9 Å². The Morgan fingerprint density at radius 3 is 2.96 bits per heavy atom. The van der Waals surface area contributed by atoms with Crippen LogP contribution in [0.3, 0.4) is 0 Å². The largest absolute Gasteiger partial charge is 0.492 e. The van der Waals surface area contributed by atoms with E-state index >= 15 is 0 Å². The number of amidine groups is 1. The molecule has 1 aliphatic rings. The SMILES string of the molecule is C=C(C)C(=NC[C@H]1CN(C)CCO1)N(N)c1ccc(F)cc1OCC. The average molecular weight is 350 g/mol. The Kier molecular flexibility index (Phi) is 6.92. The zero-order chi connectivity index (χ0) is 18.4. The van der Waals surface area contributed by atoms with Gasteiger partial charge in [-0.15, -0.1) is 0 Å². The van der Waals surface area contributed by atoms with Gasteiger partial charge in [0, 0.05) is 19.2 Å². The van der Waals surface area contributed by atoms with Crippen LogP contribution in [0.15, 0.2) is 35.3 Å². The molecule has 0 unspecified atom stereocenters. The standard InChI is InChI=1S/C18H27FN4O2/c1-5-24-17-10-14(19)6-7-16(17)23(20)18(13(2)3)21-11-15-12-22(4)8-9-25-15/h6-7,10,15H,2,5,8-9,11-12,20H2,1,3-4H3/t15-/m0/s1. The summed E-state index contributed by atoms with van der Waals surface area (Å²) in [4.78, 5) is 6.80. The highest BCUT2D eigenvalue weighted by Crippen LogP contribution is 2.28. The van der Waals surface area contributed by atoms with E-state index in [1.807, 2.05) is 13.8 Å². The van der Waals surface area contributed by atoms with Crippen molar-refractivity contribution in [2.24, 2.45) is 10.8 Å². The van der Waals surface area contributed by atoms with Gasteiger partial charge in [-0.25, -0.2) is 10.2 Å². The summed E-state index contributed by atoms with van der Waals surface area (Å²) >= 11 is 0.